The molecule has 0 radical (unpaired) electrons. The van der Waals surface area contributed by atoms with Crippen molar-refractivity contribution in [1.82, 2.24) is 24.6 Å². The SMILES string of the molecule is COc1cc2nn(C3CCC4(CC3)CCN(CC3CCN(C(=O)c5ccc(Cl)c(NC(N)=O)c5)CC3)CC4)cc2cc1NC(=O)c1cccc(C(F)(F)F)n1. The molecule has 7 rings (SSSR count). The van der Waals surface area contributed by atoms with Gasteiger partial charge in [0.2, 0.25) is 0 Å². The summed E-state index contributed by atoms with van der Waals surface area (Å²) >= 11 is 6.15. The number of anilines is 2. The van der Waals surface area contributed by atoms with Gasteiger partial charge in [0.15, 0.2) is 0 Å². The predicted molar refractivity (Wildman–Crippen MR) is 202 cm³/mol. The summed E-state index contributed by atoms with van der Waals surface area (Å²) in [5, 5.41) is 11.1. The van der Waals surface area contributed by atoms with Crippen molar-refractivity contribution >= 4 is 51.7 Å². The van der Waals surface area contributed by atoms with Gasteiger partial charge in [-0.15, -0.1) is 0 Å². The Morgan fingerprint density at radius 2 is 1.67 bits per heavy atom. The van der Waals surface area contributed by atoms with Crippen LogP contribution >= 0.6 is 11.6 Å². The van der Waals surface area contributed by atoms with Gasteiger partial charge in [-0.1, -0.05) is 17.7 Å². The van der Waals surface area contributed by atoms with E-state index in [0.717, 1.165) is 88.5 Å². The van der Waals surface area contributed by atoms with Crippen LogP contribution in [-0.2, 0) is 6.18 Å². The second-order valence-electron chi connectivity index (χ2n) is 15.0. The smallest absolute Gasteiger partial charge is 0.433 e. The van der Waals surface area contributed by atoms with Crippen molar-refractivity contribution in [2.24, 2.45) is 17.1 Å². The maximum Gasteiger partial charge on any atom is 0.433 e. The molecule has 0 unspecified atom stereocenters. The summed E-state index contributed by atoms with van der Waals surface area (Å²) in [7, 11) is 1.46. The highest BCUT2D eigenvalue weighted by atomic mass is 35.5. The molecule has 4 aromatic rings. The molecule has 4 heterocycles. The normalized spacial score (nSPS) is 18.4. The van der Waals surface area contributed by atoms with E-state index in [1.54, 1.807) is 30.3 Å². The first-order chi connectivity index (χ1) is 26.3. The van der Waals surface area contributed by atoms with Crippen molar-refractivity contribution in [3.05, 3.63) is 76.7 Å². The minimum absolute atomic E-state index is 0.0791. The number of methoxy groups -OCH3 is 1. The Kier molecular flexibility index (Phi) is 11.0. The maximum atomic E-state index is 13.2. The van der Waals surface area contributed by atoms with Crippen molar-refractivity contribution in [1.29, 1.82) is 0 Å². The number of nitrogens with two attached hydrogens (primary N) is 1. The lowest BCUT2D eigenvalue weighted by atomic mass is 9.67. The molecule has 3 aliphatic rings. The van der Waals surface area contributed by atoms with Crippen LogP contribution in [0.15, 0.2) is 54.7 Å². The third-order valence-corrected chi connectivity index (χ3v) is 11.9. The van der Waals surface area contributed by atoms with Crippen LogP contribution in [0.25, 0.3) is 10.9 Å². The Morgan fingerprint density at radius 1 is 0.945 bits per heavy atom. The van der Waals surface area contributed by atoms with Gasteiger partial charge in [-0.3, -0.25) is 14.3 Å². The van der Waals surface area contributed by atoms with E-state index in [0.29, 0.717) is 57.6 Å². The lowest BCUT2D eigenvalue weighted by Gasteiger charge is -2.47. The molecular formula is C39H44ClF3N8O4. The van der Waals surface area contributed by atoms with Gasteiger partial charge in [0.25, 0.3) is 11.8 Å². The van der Waals surface area contributed by atoms with E-state index in [4.69, 9.17) is 27.2 Å². The lowest BCUT2D eigenvalue weighted by Crippen LogP contribution is -2.46. The number of nitrogens with zero attached hydrogens (tertiary/aromatic N) is 5. The number of hydrogen-bond donors (Lipinski definition) is 3. The van der Waals surface area contributed by atoms with Crippen LogP contribution in [0.3, 0.4) is 0 Å². The third-order valence-electron chi connectivity index (χ3n) is 11.6. The number of ether oxygens (including phenoxy) is 1. The second-order valence-corrected chi connectivity index (χ2v) is 15.4. The molecule has 2 saturated heterocycles. The number of rotatable bonds is 8. The van der Waals surface area contributed by atoms with Gasteiger partial charge in [0, 0.05) is 42.8 Å². The molecule has 4 N–H and O–H groups in total. The molecule has 2 aromatic heterocycles. The van der Waals surface area contributed by atoms with Gasteiger partial charge in [0.05, 0.1) is 35.1 Å². The fourth-order valence-corrected chi connectivity index (χ4v) is 8.54. The number of pyridine rings is 1. The van der Waals surface area contributed by atoms with Crippen molar-refractivity contribution in [3.8, 4) is 5.75 Å². The Balaban J connectivity index is 0.892. The number of halogens is 4. The Labute approximate surface area is 321 Å². The van der Waals surface area contributed by atoms with E-state index in [-0.39, 0.29) is 17.6 Å². The van der Waals surface area contributed by atoms with Crippen molar-refractivity contribution in [2.45, 2.75) is 63.6 Å². The number of amides is 4. The van der Waals surface area contributed by atoms with Gasteiger partial charge >= 0.3 is 12.2 Å². The van der Waals surface area contributed by atoms with Crippen LogP contribution in [-0.4, -0.2) is 82.2 Å². The lowest BCUT2D eigenvalue weighted by molar-refractivity contribution is -0.141. The number of benzene rings is 2. The van der Waals surface area contributed by atoms with E-state index in [9.17, 15) is 27.6 Å². The fourth-order valence-electron chi connectivity index (χ4n) is 8.37. The highest BCUT2D eigenvalue weighted by molar-refractivity contribution is 6.33. The standard InChI is InChI=1S/C39H44ClF3N8O4/c1-55-33-21-30-26(20-32(33)46-35(52)29-3-2-4-34(45-29)39(41,42)43)23-51(48-30)27-7-11-38(12-8-27)13-17-49(18-14-38)22-24-9-15-50(16-10-24)36(53)25-5-6-28(40)31(19-25)47-37(44)54/h2-6,19-21,23-24,27H,7-18,22H2,1H3,(H,46,52)(H3,44,47,54). The van der Waals surface area contributed by atoms with Crippen LogP contribution in [0.5, 0.6) is 5.75 Å². The zero-order valence-electron chi connectivity index (χ0n) is 30.5. The summed E-state index contributed by atoms with van der Waals surface area (Å²) in [5.74, 6) is 0.0251. The summed E-state index contributed by atoms with van der Waals surface area (Å²) in [6.45, 7) is 4.55. The Bertz CT molecular complexity index is 2070. The minimum Gasteiger partial charge on any atom is -0.494 e. The first-order valence-electron chi connectivity index (χ1n) is 18.6. The summed E-state index contributed by atoms with van der Waals surface area (Å²) in [6.07, 6.45) is 5.78. The summed E-state index contributed by atoms with van der Waals surface area (Å²) in [5.41, 5.74) is 5.88. The number of carbonyl (C=O) groups is 3. The number of alkyl halides is 3. The first kappa shape index (κ1) is 38.4. The Morgan fingerprint density at radius 3 is 2.35 bits per heavy atom. The summed E-state index contributed by atoms with van der Waals surface area (Å²) < 4.78 is 47.0. The predicted octanol–water partition coefficient (Wildman–Crippen LogP) is 7.60. The minimum atomic E-state index is -4.66. The van der Waals surface area contributed by atoms with Crippen LogP contribution in [0.2, 0.25) is 5.02 Å². The van der Waals surface area contributed by atoms with E-state index in [1.807, 2.05) is 15.8 Å². The molecule has 1 saturated carbocycles. The average molecular weight is 781 g/mol. The summed E-state index contributed by atoms with van der Waals surface area (Å²) in [4.78, 5) is 45.4. The summed E-state index contributed by atoms with van der Waals surface area (Å²) in [6, 6.07) is 11.0. The van der Waals surface area contributed by atoms with E-state index in [1.165, 1.54) is 13.2 Å². The monoisotopic (exact) mass is 780 g/mol. The highest BCUT2D eigenvalue weighted by Gasteiger charge is 2.39. The van der Waals surface area contributed by atoms with Gasteiger partial charge in [0.1, 0.15) is 17.1 Å². The maximum absolute atomic E-state index is 13.2. The van der Waals surface area contributed by atoms with Crippen LogP contribution < -0.4 is 21.1 Å². The highest BCUT2D eigenvalue weighted by Crippen LogP contribution is 2.48. The first-order valence-corrected chi connectivity index (χ1v) is 19.0. The molecule has 0 bridgehead atoms. The van der Waals surface area contributed by atoms with Gasteiger partial charge in [-0.05, 0) is 112 Å². The number of likely N-dealkylation sites (tertiary alicyclic amines) is 2. The number of carbonyl (C=O) groups excluding carboxylic acids is 3. The molecule has 1 aliphatic carbocycles. The van der Waals surface area contributed by atoms with E-state index >= 15 is 0 Å². The molecule has 2 aliphatic heterocycles. The van der Waals surface area contributed by atoms with E-state index in [2.05, 4.69) is 20.5 Å². The average Bonchev–Trinajstić information content (AvgIpc) is 3.59. The van der Waals surface area contributed by atoms with Crippen molar-refractivity contribution in [2.75, 3.05) is 50.5 Å². The molecule has 3 fully saturated rings. The molecule has 4 amide bonds. The zero-order chi connectivity index (χ0) is 38.9. The number of nitrogens with one attached hydrogen (secondary N) is 2. The third kappa shape index (κ3) is 8.67. The number of fused-ring (bicyclic) bond motifs is 1. The molecular weight excluding hydrogens is 737 g/mol. The molecule has 16 heteroatoms. The van der Waals surface area contributed by atoms with Crippen molar-refractivity contribution < 1.29 is 32.3 Å². The van der Waals surface area contributed by atoms with E-state index < -0.39 is 23.8 Å². The fraction of sp³-hybridized carbons (Fsp3) is 0.462. The zero-order valence-corrected chi connectivity index (χ0v) is 31.3. The molecule has 1 spiro atoms. The number of piperidine rings is 2. The Hall–Kier alpha value is -4.89. The van der Waals surface area contributed by atoms with Gasteiger partial charge in [-0.25, -0.2) is 9.78 Å². The quantitative estimate of drug-likeness (QED) is 0.167. The topological polar surface area (TPSA) is 148 Å². The van der Waals surface area contributed by atoms with Crippen LogP contribution in [0, 0.1) is 11.3 Å². The van der Waals surface area contributed by atoms with Crippen LogP contribution in [0.1, 0.15) is 83.9 Å². The number of hydrogen-bond acceptors (Lipinski definition) is 7. The largest absolute Gasteiger partial charge is 0.494 e. The molecule has 0 atom stereocenters. The second kappa shape index (κ2) is 15.7. The van der Waals surface area contributed by atoms with Gasteiger partial charge < -0.3 is 30.9 Å². The number of primary amides is 1. The molecule has 2 aromatic carbocycles. The van der Waals surface area contributed by atoms with Crippen molar-refractivity contribution in [3.63, 3.8) is 0 Å². The number of urea groups is 1. The van der Waals surface area contributed by atoms with Crippen LogP contribution in [0.4, 0.5) is 29.3 Å². The molecule has 12 nitrogen and oxygen atoms in total. The van der Waals surface area contributed by atoms with Gasteiger partial charge in [-0.2, -0.15) is 18.3 Å². The molecule has 292 valence electrons. The number of aromatic nitrogens is 3. The molecule has 55 heavy (non-hydrogen) atoms.